The van der Waals surface area contributed by atoms with Crippen LogP contribution in [-0.2, 0) is 11.2 Å². The molecule has 0 saturated carbocycles. The van der Waals surface area contributed by atoms with Crippen molar-refractivity contribution in [3.8, 4) is 11.3 Å². The van der Waals surface area contributed by atoms with Crippen LogP contribution in [0, 0.1) is 0 Å². The van der Waals surface area contributed by atoms with Gasteiger partial charge in [0, 0.05) is 24.4 Å². The van der Waals surface area contributed by atoms with E-state index in [1.54, 1.807) is 12.3 Å². The quantitative estimate of drug-likeness (QED) is 0.882. The SMILES string of the molecule is CC[C@H](C)NC(=O)CCc1ncc(-c2ccccc2Cl)o1. The summed E-state index contributed by atoms with van der Waals surface area (Å²) in [5.41, 5.74) is 0.807. The van der Waals surface area contributed by atoms with Gasteiger partial charge in [-0.2, -0.15) is 0 Å². The highest BCUT2D eigenvalue weighted by molar-refractivity contribution is 6.33. The number of halogens is 1. The van der Waals surface area contributed by atoms with Crippen molar-refractivity contribution in [2.24, 2.45) is 0 Å². The van der Waals surface area contributed by atoms with E-state index in [-0.39, 0.29) is 11.9 Å². The molecule has 1 amide bonds. The number of aryl methyl sites for hydroxylation is 1. The number of amides is 1. The van der Waals surface area contributed by atoms with E-state index >= 15 is 0 Å². The number of carbonyl (C=O) groups is 1. The van der Waals surface area contributed by atoms with Crippen molar-refractivity contribution in [1.29, 1.82) is 0 Å². The Hall–Kier alpha value is -1.81. The Morgan fingerprint density at radius 3 is 2.90 bits per heavy atom. The summed E-state index contributed by atoms with van der Waals surface area (Å²) in [6.07, 6.45) is 3.41. The zero-order chi connectivity index (χ0) is 15.2. The maximum atomic E-state index is 11.7. The molecule has 0 unspecified atom stereocenters. The number of hydrogen-bond acceptors (Lipinski definition) is 3. The van der Waals surface area contributed by atoms with Crippen molar-refractivity contribution >= 4 is 17.5 Å². The summed E-state index contributed by atoms with van der Waals surface area (Å²) >= 11 is 6.12. The van der Waals surface area contributed by atoms with Crippen LogP contribution in [0.25, 0.3) is 11.3 Å². The maximum Gasteiger partial charge on any atom is 0.220 e. The van der Waals surface area contributed by atoms with Gasteiger partial charge in [0.05, 0.1) is 11.2 Å². The van der Waals surface area contributed by atoms with E-state index in [9.17, 15) is 4.79 Å². The summed E-state index contributed by atoms with van der Waals surface area (Å²) in [5.74, 6) is 1.18. The number of hydrogen-bond donors (Lipinski definition) is 1. The minimum atomic E-state index is 0.0156. The van der Waals surface area contributed by atoms with Gasteiger partial charge < -0.3 is 9.73 Å². The Balaban J connectivity index is 1.95. The third-order valence-corrected chi connectivity index (χ3v) is 3.61. The summed E-state index contributed by atoms with van der Waals surface area (Å²) < 4.78 is 5.66. The molecular weight excluding hydrogens is 288 g/mol. The molecule has 0 saturated heterocycles. The molecule has 0 aliphatic heterocycles. The summed E-state index contributed by atoms with van der Waals surface area (Å²) in [5, 5.41) is 3.54. The molecule has 5 heteroatoms. The second-order valence-electron chi connectivity index (χ2n) is 4.97. The molecule has 1 N–H and O–H groups in total. The van der Waals surface area contributed by atoms with Gasteiger partial charge >= 0.3 is 0 Å². The Morgan fingerprint density at radius 1 is 1.43 bits per heavy atom. The Morgan fingerprint density at radius 2 is 2.19 bits per heavy atom. The van der Waals surface area contributed by atoms with Crippen LogP contribution >= 0.6 is 11.6 Å². The van der Waals surface area contributed by atoms with Crippen LogP contribution in [0.1, 0.15) is 32.6 Å². The first-order valence-electron chi connectivity index (χ1n) is 7.09. The third-order valence-electron chi connectivity index (χ3n) is 3.28. The highest BCUT2D eigenvalue weighted by Gasteiger charge is 2.11. The normalized spacial score (nSPS) is 12.1. The Bertz CT molecular complexity index is 610. The molecule has 0 fully saturated rings. The van der Waals surface area contributed by atoms with Gasteiger partial charge in [-0.25, -0.2) is 4.98 Å². The molecule has 1 heterocycles. The summed E-state index contributed by atoms with van der Waals surface area (Å²) in [7, 11) is 0. The first-order valence-corrected chi connectivity index (χ1v) is 7.47. The topological polar surface area (TPSA) is 55.1 Å². The van der Waals surface area contributed by atoms with Crippen LogP contribution in [0.4, 0.5) is 0 Å². The van der Waals surface area contributed by atoms with Gasteiger partial charge in [-0.3, -0.25) is 4.79 Å². The van der Waals surface area contributed by atoms with Gasteiger partial charge in [-0.15, -0.1) is 0 Å². The minimum absolute atomic E-state index is 0.0156. The molecule has 0 aliphatic rings. The first kappa shape index (κ1) is 15.6. The fraction of sp³-hybridized carbons (Fsp3) is 0.375. The molecule has 0 radical (unpaired) electrons. The first-order chi connectivity index (χ1) is 10.1. The fourth-order valence-corrected chi connectivity index (χ4v) is 2.11. The lowest BCUT2D eigenvalue weighted by molar-refractivity contribution is -0.121. The van der Waals surface area contributed by atoms with Gasteiger partial charge in [-0.1, -0.05) is 30.7 Å². The number of oxazole rings is 1. The van der Waals surface area contributed by atoms with Gasteiger partial charge in [0.1, 0.15) is 0 Å². The van der Waals surface area contributed by atoms with Crippen LogP contribution in [0.15, 0.2) is 34.9 Å². The number of nitrogens with one attached hydrogen (secondary N) is 1. The van der Waals surface area contributed by atoms with Crippen LogP contribution in [-0.4, -0.2) is 16.9 Å². The molecule has 0 aliphatic carbocycles. The molecule has 2 aromatic rings. The monoisotopic (exact) mass is 306 g/mol. The molecule has 4 nitrogen and oxygen atoms in total. The molecule has 1 aromatic heterocycles. The standard InChI is InChI=1S/C16H19ClN2O2/c1-3-11(2)19-15(20)8-9-16-18-10-14(21-16)12-6-4-5-7-13(12)17/h4-7,10-11H,3,8-9H2,1-2H3,(H,19,20)/t11-/m0/s1. The maximum absolute atomic E-state index is 11.7. The van der Waals surface area contributed by atoms with E-state index < -0.39 is 0 Å². The number of benzene rings is 1. The van der Waals surface area contributed by atoms with E-state index in [4.69, 9.17) is 16.0 Å². The van der Waals surface area contributed by atoms with Gasteiger partial charge in [0.2, 0.25) is 5.91 Å². The predicted octanol–water partition coefficient (Wildman–Crippen LogP) is 3.84. The molecule has 2 rings (SSSR count). The number of rotatable bonds is 6. The summed E-state index contributed by atoms with van der Waals surface area (Å²) in [6, 6.07) is 7.63. The van der Waals surface area contributed by atoms with Gasteiger partial charge in [0.15, 0.2) is 11.7 Å². The van der Waals surface area contributed by atoms with E-state index in [0.717, 1.165) is 12.0 Å². The number of carbonyl (C=O) groups excluding carboxylic acids is 1. The third kappa shape index (κ3) is 4.33. The van der Waals surface area contributed by atoms with Gasteiger partial charge in [-0.05, 0) is 25.5 Å². The highest BCUT2D eigenvalue weighted by Crippen LogP contribution is 2.28. The van der Waals surface area contributed by atoms with E-state index in [1.165, 1.54) is 0 Å². The molecule has 0 spiro atoms. The lowest BCUT2D eigenvalue weighted by atomic mass is 10.2. The average molecular weight is 307 g/mol. The van der Waals surface area contributed by atoms with Gasteiger partial charge in [0.25, 0.3) is 0 Å². The lowest BCUT2D eigenvalue weighted by Crippen LogP contribution is -2.32. The molecule has 112 valence electrons. The summed E-state index contributed by atoms with van der Waals surface area (Å²) in [4.78, 5) is 15.9. The fourth-order valence-electron chi connectivity index (χ4n) is 1.88. The van der Waals surface area contributed by atoms with E-state index in [1.807, 2.05) is 32.0 Å². The van der Waals surface area contributed by atoms with E-state index in [2.05, 4.69) is 10.3 Å². The Kier molecular flexibility index (Phi) is 5.39. The van der Waals surface area contributed by atoms with Crippen molar-refractivity contribution in [1.82, 2.24) is 10.3 Å². The Labute approximate surface area is 129 Å². The highest BCUT2D eigenvalue weighted by atomic mass is 35.5. The van der Waals surface area contributed by atoms with Crippen LogP contribution in [0.3, 0.4) is 0 Å². The molecule has 21 heavy (non-hydrogen) atoms. The zero-order valence-electron chi connectivity index (χ0n) is 12.2. The van der Waals surface area contributed by atoms with Crippen LogP contribution in [0.5, 0.6) is 0 Å². The lowest BCUT2D eigenvalue weighted by Gasteiger charge is -2.10. The predicted molar refractivity (Wildman–Crippen MR) is 83.2 cm³/mol. The molecule has 1 atom stereocenters. The van der Waals surface area contributed by atoms with Crippen LogP contribution < -0.4 is 5.32 Å². The van der Waals surface area contributed by atoms with E-state index in [0.29, 0.717) is 29.5 Å². The second-order valence-corrected chi connectivity index (χ2v) is 5.38. The molecule has 1 aromatic carbocycles. The number of aromatic nitrogens is 1. The van der Waals surface area contributed by atoms with Crippen molar-refractivity contribution in [3.05, 3.63) is 41.4 Å². The smallest absolute Gasteiger partial charge is 0.220 e. The van der Waals surface area contributed by atoms with Crippen LogP contribution in [0.2, 0.25) is 5.02 Å². The zero-order valence-corrected chi connectivity index (χ0v) is 13.0. The molecular formula is C16H19ClN2O2. The minimum Gasteiger partial charge on any atom is -0.441 e. The summed E-state index contributed by atoms with van der Waals surface area (Å²) in [6.45, 7) is 4.02. The largest absolute Gasteiger partial charge is 0.441 e. The van der Waals surface area contributed by atoms with Crippen molar-refractivity contribution in [3.63, 3.8) is 0 Å². The average Bonchev–Trinajstić information content (AvgIpc) is 2.94. The van der Waals surface area contributed by atoms with Crippen molar-refractivity contribution in [2.75, 3.05) is 0 Å². The number of nitrogens with zero attached hydrogens (tertiary/aromatic N) is 1. The second kappa shape index (κ2) is 7.27. The van der Waals surface area contributed by atoms with Crippen molar-refractivity contribution < 1.29 is 9.21 Å². The van der Waals surface area contributed by atoms with Crippen molar-refractivity contribution in [2.45, 2.75) is 39.2 Å². The molecule has 0 bridgehead atoms.